The van der Waals surface area contributed by atoms with Gasteiger partial charge in [-0.3, -0.25) is 0 Å². The molecule has 0 aromatic heterocycles. The molecular weight excluding hydrogens is 279 g/mol. The Labute approximate surface area is 133 Å². The minimum Gasteiger partial charge on any atom is -0.393 e. The predicted octanol–water partition coefficient (Wildman–Crippen LogP) is 4.64. The fourth-order valence-electron chi connectivity index (χ4n) is 2.97. The van der Waals surface area contributed by atoms with Crippen molar-refractivity contribution >= 4 is 0 Å². The number of aliphatic hydroxyl groups excluding tert-OH is 1. The number of ether oxygens (including phenoxy) is 1. The molecule has 1 fully saturated rings. The molecule has 0 bridgehead atoms. The van der Waals surface area contributed by atoms with Gasteiger partial charge in [0.15, 0.2) is 0 Å². The first-order valence-electron chi connectivity index (χ1n) is 8.77. The van der Waals surface area contributed by atoms with Crippen LogP contribution in [-0.4, -0.2) is 23.4 Å². The molecule has 0 amide bonds. The average Bonchev–Trinajstić information content (AvgIpc) is 3.24. The largest absolute Gasteiger partial charge is 0.393 e. The summed E-state index contributed by atoms with van der Waals surface area (Å²) in [5.74, 6) is -0.189. The molecule has 1 aliphatic rings. The van der Waals surface area contributed by atoms with Crippen LogP contribution in [-0.2, 0) is 11.2 Å². The van der Waals surface area contributed by atoms with Gasteiger partial charge >= 0.3 is 0 Å². The molecule has 0 aliphatic carbocycles. The van der Waals surface area contributed by atoms with Crippen molar-refractivity contribution in [1.29, 1.82) is 0 Å². The highest BCUT2D eigenvalue weighted by atomic mass is 19.1. The van der Waals surface area contributed by atoms with Gasteiger partial charge in [0.05, 0.1) is 18.3 Å². The summed E-state index contributed by atoms with van der Waals surface area (Å²) in [6, 6.07) is 6.67. The van der Waals surface area contributed by atoms with Crippen LogP contribution in [0.4, 0.5) is 4.39 Å². The Kier molecular flexibility index (Phi) is 7.34. The lowest BCUT2D eigenvalue weighted by Gasteiger charge is -2.08. The maximum absolute atomic E-state index is 12.8. The summed E-state index contributed by atoms with van der Waals surface area (Å²) in [4.78, 5) is 0. The lowest BCUT2D eigenvalue weighted by molar-refractivity contribution is 0.139. The zero-order chi connectivity index (χ0) is 15.8. The van der Waals surface area contributed by atoms with E-state index >= 15 is 0 Å². The van der Waals surface area contributed by atoms with Crippen LogP contribution < -0.4 is 0 Å². The summed E-state index contributed by atoms with van der Waals surface area (Å²) < 4.78 is 18.5. The summed E-state index contributed by atoms with van der Waals surface area (Å²) >= 11 is 0. The van der Waals surface area contributed by atoms with E-state index in [-0.39, 0.29) is 24.1 Å². The smallest absolute Gasteiger partial charge is 0.123 e. The van der Waals surface area contributed by atoms with Gasteiger partial charge in [0, 0.05) is 6.42 Å². The lowest BCUT2D eigenvalue weighted by atomic mass is 10.0. The highest BCUT2D eigenvalue weighted by Crippen LogP contribution is 2.31. The molecule has 1 aliphatic heterocycles. The number of unbranched alkanes of at least 4 members (excludes halogenated alkanes) is 4. The molecule has 1 N–H and O–H groups in total. The van der Waals surface area contributed by atoms with Crippen LogP contribution in [0.5, 0.6) is 0 Å². The Hall–Kier alpha value is -0.930. The Morgan fingerprint density at radius 1 is 1.09 bits per heavy atom. The number of hydrogen-bond acceptors (Lipinski definition) is 2. The number of aliphatic hydroxyl groups is 1. The average molecular weight is 308 g/mol. The number of benzene rings is 1. The van der Waals surface area contributed by atoms with Gasteiger partial charge in [0.1, 0.15) is 5.82 Å². The van der Waals surface area contributed by atoms with Crippen LogP contribution >= 0.6 is 0 Å². The summed E-state index contributed by atoms with van der Waals surface area (Å²) in [6.45, 7) is 2.21. The molecule has 124 valence electrons. The zero-order valence-corrected chi connectivity index (χ0v) is 13.6. The first kappa shape index (κ1) is 17.4. The van der Waals surface area contributed by atoms with Gasteiger partial charge < -0.3 is 9.84 Å². The molecule has 3 atom stereocenters. The highest BCUT2D eigenvalue weighted by molar-refractivity contribution is 5.16. The van der Waals surface area contributed by atoms with Gasteiger partial charge in [0.25, 0.3) is 0 Å². The van der Waals surface area contributed by atoms with E-state index < -0.39 is 0 Å². The zero-order valence-electron chi connectivity index (χ0n) is 13.6. The molecule has 0 saturated carbocycles. The minimum absolute atomic E-state index is 0.189. The Morgan fingerprint density at radius 3 is 2.55 bits per heavy atom. The Morgan fingerprint density at radius 2 is 1.82 bits per heavy atom. The minimum atomic E-state index is -0.220. The van der Waals surface area contributed by atoms with Gasteiger partial charge in [-0.15, -0.1) is 0 Å². The number of hydrogen-bond donors (Lipinski definition) is 1. The van der Waals surface area contributed by atoms with E-state index in [1.807, 2.05) is 12.1 Å². The molecular formula is C19H29FO2. The van der Waals surface area contributed by atoms with Crippen molar-refractivity contribution in [3.8, 4) is 0 Å². The number of epoxide rings is 1. The van der Waals surface area contributed by atoms with E-state index in [0.717, 1.165) is 37.7 Å². The van der Waals surface area contributed by atoms with Crippen LogP contribution in [0.2, 0.25) is 0 Å². The highest BCUT2D eigenvalue weighted by Gasteiger charge is 2.39. The second-order valence-electron chi connectivity index (χ2n) is 6.47. The molecule has 0 radical (unpaired) electrons. The standard InChI is InChI=1S/C19H29FO2/c1-2-3-4-5-6-7-17(21)14-19-18(22-19)13-10-15-8-11-16(20)12-9-15/h8-9,11-12,17-19,21H,2-7,10,13-14H2,1H3. The topological polar surface area (TPSA) is 32.8 Å². The maximum Gasteiger partial charge on any atom is 0.123 e. The monoisotopic (exact) mass is 308 g/mol. The van der Waals surface area contributed by atoms with Gasteiger partial charge in [0.2, 0.25) is 0 Å². The first-order valence-corrected chi connectivity index (χ1v) is 8.77. The molecule has 1 aromatic rings. The van der Waals surface area contributed by atoms with E-state index in [1.54, 1.807) is 0 Å². The fraction of sp³-hybridized carbons (Fsp3) is 0.684. The summed E-state index contributed by atoms with van der Waals surface area (Å²) in [7, 11) is 0. The van der Waals surface area contributed by atoms with E-state index in [0.29, 0.717) is 0 Å². The second-order valence-corrected chi connectivity index (χ2v) is 6.47. The van der Waals surface area contributed by atoms with Crippen molar-refractivity contribution < 1.29 is 14.2 Å². The summed E-state index contributed by atoms with van der Waals surface area (Å²) in [5.41, 5.74) is 1.15. The van der Waals surface area contributed by atoms with Gasteiger partial charge in [-0.05, 0) is 37.0 Å². The molecule has 1 aromatic carbocycles. The van der Waals surface area contributed by atoms with Crippen molar-refractivity contribution in [2.75, 3.05) is 0 Å². The van der Waals surface area contributed by atoms with Crippen molar-refractivity contribution in [1.82, 2.24) is 0 Å². The molecule has 1 heterocycles. The van der Waals surface area contributed by atoms with Crippen molar-refractivity contribution in [3.05, 3.63) is 35.6 Å². The third kappa shape index (κ3) is 6.45. The third-order valence-electron chi connectivity index (χ3n) is 4.46. The second kappa shape index (κ2) is 9.26. The normalized spacial score (nSPS) is 21.8. The number of halogens is 1. The van der Waals surface area contributed by atoms with E-state index in [2.05, 4.69) is 6.92 Å². The predicted molar refractivity (Wildman–Crippen MR) is 87.4 cm³/mol. The van der Waals surface area contributed by atoms with Gasteiger partial charge in [-0.1, -0.05) is 51.2 Å². The van der Waals surface area contributed by atoms with Crippen LogP contribution in [0.1, 0.15) is 63.9 Å². The SMILES string of the molecule is CCCCCCCC(O)CC1OC1CCc1ccc(F)cc1. The van der Waals surface area contributed by atoms with E-state index in [9.17, 15) is 9.50 Å². The van der Waals surface area contributed by atoms with Gasteiger partial charge in [-0.25, -0.2) is 4.39 Å². The quantitative estimate of drug-likeness (QED) is 0.477. The molecule has 1 saturated heterocycles. The van der Waals surface area contributed by atoms with Crippen molar-refractivity contribution in [2.45, 2.75) is 83.0 Å². The lowest BCUT2D eigenvalue weighted by Crippen LogP contribution is -2.11. The Bertz CT molecular complexity index is 418. The maximum atomic E-state index is 12.8. The van der Waals surface area contributed by atoms with E-state index in [4.69, 9.17) is 4.74 Å². The van der Waals surface area contributed by atoms with Crippen molar-refractivity contribution in [3.63, 3.8) is 0 Å². The fourth-order valence-corrected chi connectivity index (χ4v) is 2.97. The molecule has 3 heteroatoms. The number of rotatable bonds is 11. The van der Waals surface area contributed by atoms with Gasteiger partial charge in [-0.2, -0.15) is 0 Å². The van der Waals surface area contributed by atoms with Crippen LogP contribution in [0.3, 0.4) is 0 Å². The summed E-state index contributed by atoms with van der Waals surface area (Å²) in [5, 5.41) is 10.0. The van der Waals surface area contributed by atoms with Crippen LogP contribution in [0, 0.1) is 5.82 Å². The molecule has 2 nitrogen and oxygen atoms in total. The molecule has 3 unspecified atom stereocenters. The molecule has 0 spiro atoms. The number of aryl methyl sites for hydroxylation is 1. The Balaban J connectivity index is 1.53. The van der Waals surface area contributed by atoms with Crippen LogP contribution in [0.25, 0.3) is 0 Å². The van der Waals surface area contributed by atoms with E-state index in [1.165, 1.54) is 37.8 Å². The molecule has 22 heavy (non-hydrogen) atoms. The van der Waals surface area contributed by atoms with Crippen LogP contribution in [0.15, 0.2) is 24.3 Å². The first-order chi connectivity index (χ1) is 10.7. The molecule has 2 rings (SSSR count). The van der Waals surface area contributed by atoms with Crippen molar-refractivity contribution in [2.24, 2.45) is 0 Å². The third-order valence-corrected chi connectivity index (χ3v) is 4.46. The summed E-state index contributed by atoms with van der Waals surface area (Å²) in [6.07, 6.45) is 10.0.